The number of carbonyl (C=O) groups excluding carboxylic acids is 1. The van der Waals surface area contributed by atoms with Gasteiger partial charge < -0.3 is 18.0 Å². The normalized spacial score (nSPS) is 12.3. The third-order valence-electron chi connectivity index (χ3n) is 5.57. The van der Waals surface area contributed by atoms with Gasteiger partial charge in [-0.2, -0.15) is 0 Å². The van der Waals surface area contributed by atoms with E-state index in [0.29, 0.717) is 28.4 Å². The molecule has 12 heteroatoms. The van der Waals surface area contributed by atoms with Crippen LogP contribution in [0.4, 0.5) is 5.69 Å². The molecule has 1 amide bonds. The molecule has 0 atom stereocenters. The number of hydrogen-bond acceptors (Lipinski definition) is 8. The Morgan fingerprint density at radius 3 is 2.46 bits per heavy atom. The van der Waals surface area contributed by atoms with E-state index in [9.17, 15) is 14.9 Å². The number of amides is 1. The molecule has 0 fully saturated rings. The smallest absolute Gasteiger partial charge is 0.274 e. The summed E-state index contributed by atoms with van der Waals surface area (Å²) < 4.78 is 17.7. The standard InChI is InChI=1S/C23H18I2N2O6S2/c1-14-19(32-34-24)10-20(33-35-25)21(22(14)31-13-15-6-3-2-4-7-15)23(28)26-11-16-8-5-9-18(27(29)30)17(16)12-26/h2-10H,11-13H2,1H3. The molecule has 0 saturated carbocycles. The van der Waals surface area contributed by atoms with E-state index in [-0.39, 0.29) is 36.9 Å². The number of nitro benzene ring substituents is 1. The van der Waals surface area contributed by atoms with Crippen molar-refractivity contribution in [2.24, 2.45) is 0 Å². The SMILES string of the molecule is Cc1c(OSI)cc(OSI)c(C(=O)N2Cc3cccc([N+](=O)[O-])c3C2)c1OCc1ccccc1. The highest BCUT2D eigenvalue weighted by molar-refractivity contribution is 14.2. The molecule has 182 valence electrons. The highest BCUT2D eigenvalue weighted by Gasteiger charge is 2.34. The summed E-state index contributed by atoms with van der Waals surface area (Å²) in [6, 6.07) is 16.2. The summed E-state index contributed by atoms with van der Waals surface area (Å²) in [4.78, 5) is 26.5. The Bertz CT molecular complexity index is 1260. The van der Waals surface area contributed by atoms with Gasteiger partial charge in [0.1, 0.15) is 42.1 Å². The first-order valence-electron chi connectivity index (χ1n) is 10.2. The van der Waals surface area contributed by atoms with Gasteiger partial charge in [-0.3, -0.25) is 14.9 Å². The van der Waals surface area contributed by atoms with Gasteiger partial charge in [-0.05, 0) is 18.1 Å². The lowest BCUT2D eigenvalue weighted by Crippen LogP contribution is -2.26. The molecule has 8 nitrogen and oxygen atoms in total. The molecule has 3 aromatic rings. The Morgan fingerprint density at radius 1 is 1.06 bits per heavy atom. The first-order valence-corrected chi connectivity index (χ1v) is 16.8. The molecule has 0 N–H and O–H groups in total. The van der Waals surface area contributed by atoms with E-state index >= 15 is 0 Å². The second-order valence-electron chi connectivity index (χ2n) is 7.60. The first kappa shape index (κ1) is 26.2. The van der Waals surface area contributed by atoms with Crippen LogP contribution in [-0.2, 0) is 19.7 Å². The fraction of sp³-hybridized carbons (Fsp3) is 0.174. The average molecular weight is 736 g/mol. The molecule has 0 saturated heterocycles. The minimum Gasteiger partial charge on any atom is -0.487 e. The summed E-state index contributed by atoms with van der Waals surface area (Å²) in [6.45, 7) is 2.45. The molecule has 1 aliphatic rings. The molecule has 0 aliphatic carbocycles. The fourth-order valence-electron chi connectivity index (χ4n) is 3.92. The molecular formula is C23H18I2N2O6S2. The van der Waals surface area contributed by atoms with Gasteiger partial charge in [-0.15, -0.1) is 0 Å². The van der Waals surface area contributed by atoms with Crippen molar-refractivity contribution in [3.8, 4) is 17.2 Å². The molecule has 4 rings (SSSR count). The summed E-state index contributed by atoms with van der Waals surface area (Å²) in [5.41, 5.74) is 3.15. The van der Waals surface area contributed by atoms with E-state index in [1.54, 1.807) is 23.1 Å². The number of rotatable bonds is 9. The van der Waals surface area contributed by atoms with Gasteiger partial charge in [0.15, 0.2) is 5.75 Å². The van der Waals surface area contributed by atoms with E-state index in [1.807, 2.05) is 79.7 Å². The van der Waals surface area contributed by atoms with Crippen LogP contribution in [0.2, 0.25) is 0 Å². The summed E-state index contributed by atoms with van der Waals surface area (Å²) >= 11 is 4.00. The van der Waals surface area contributed by atoms with Gasteiger partial charge in [0.2, 0.25) is 0 Å². The molecule has 0 spiro atoms. The quantitative estimate of drug-likeness (QED) is 0.0973. The number of nitro groups is 1. The Hall–Kier alpha value is -1.91. The second kappa shape index (κ2) is 11.9. The predicted octanol–water partition coefficient (Wildman–Crippen LogP) is 7.39. The van der Waals surface area contributed by atoms with Crippen molar-refractivity contribution in [3.05, 3.63) is 92.5 Å². The zero-order valence-corrected chi connectivity index (χ0v) is 24.2. The van der Waals surface area contributed by atoms with Gasteiger partial charge >= 0.3 is 0 Å². The zero-order chi connectivity index (χ0) is 24.9. The van der Waals surface area contributed by atoms with Crippen molar-refractivity contribution >= 4 is 72.4 Å². The number of nitrogens with zero attached hydrogens (tertiary/aromatic N) is 2. The maximum Gasteiger partial charge on any atom is 0.274 e. The van der Waals surface area contributed by atoms with Crippen molar-refractivity contribution in [3.63, 3.8) is 0 Å². The Labute approximate surface area is 234 Å². The molecule has 0 aromatic heterocycles. The maximum absolute atomic E-state index is 13.9. The zero-order valence-electron chi connectivity index (χ0n) is 18.2. The minimum absolute atomic E-state index is 0.0108. The van der Waals surface area contributed by atoms with Crippen molar-refractivity contribution in [2.45, 2.75) is 26.6 Å². The van der Waals surface area contributed by atoms with Crippen LogP contribution in [0.3, 0.4) is 0 Å². The molecule has 0 radical (unpaired) electrons. The molecular weight excluding hydrogens is 718 g/mol. The van der Waals surface area contributed by atoms with E-state index in [2.05, 4.69) is 0 Å². The van der Waals surface area contributed by atoms with Gasteiger partial charge in [0.05, 0.1) is 17.0 Å². The number of hydrogen-bond donors (Lipinski definition) is 0. The van der Waals surface area contributed by atoms with Gasteiger partial charge in [-0.25, -0.2) is 0 Å². The lowest BCUT2D eigenvalue weighted by molar-refractivity contribution is -0.385. The molecule has 1 aliphatic heterocycles. The van der Waals surface area contributed by atoms with Crippen molar-refractivity contribution < 1.29 is 22.8 Å². The average Bonchev–Trinajstić information content (AvgIpc) is 3.30. The van der Waals surface area contributed by atoms with Crippen molar-refractivity contribution in [1.82, 2.24) is 4.90 Å². The van der Waals surface area contributed by atoms with Crippen molar-refractivity contribution in [2.75, 3.05) is 0 Å². The minimum atomic E-state index is -0.416. The highest BCUT2D eigenvalue weighted by atomic mass is 127. The van der Waals surface area contributed by atoms with Gasteiger partial charge in [-0.1, -0.05) is 42.5 Å². The monoisotopic (exact) mass is 736 g/mol. The predicted molar refractivity (Wildman–Crippen MR) is 153 cm³/mol. The number of carbonyl (C=O) groups is 1. The fourth-order valence-corrected chi connectivity index (χ4v) is 5.52. The summed E-state index contributed by atoms with van der Waals surface area (Å²) in [5.74, 6) is 0.835. The lowest BCUT2D eigenvalue weighted by Gasteiger charge is -2.22. The van der Waals surface area contributed by atoms with Gasteiger partial charge in [0.25, 0.3) is 11.6 Å². The molecule has 1 heterocycles. The topological polar surface area (TPSA) is 91.1 Å². The summed E-state index contributed by atoms with van der Waals surface area (Å²) in [5, 5.41) is 11.5. The van der Waals surface area contributed by atoms with E-state index in [1.165, 1.54) is 6.07 Å². The van der Waals surface area contributed by atoms with Crippen LogP contribution in [0.25, 0.3) is 0 Å². The molecule has 35 heavy (non-hydrogen) atoms. The molecule has 0 bridgehead atoms. The van der Waals surface area contributed by atoms with Crippen LogP contribution < -0.4 is 13.1 Å². The molecule has 0 unspecified atom stereocenters. The Morgan fingerprint density at radius 2 is 1.77 bits per heavy atom. The Balaban J connectivity index is 1.75. The highest BCUT2D eigenvalue weighted by Crippen LogP contribution is 2.44. The van der Waals surface area contributed by atoms with E-state index in [4.69, 9.17) is 13.1 Å². The van der Waals surface area contributed by atoms with Crippen LogP contribution in [0, 0.1) is 17.0 Å². The lowest BCUT2D eigenvalue weighted by atomic mass is 10.1. The number of fused-ring (bicyclic) bond motifs is 1. The summed E-state index contributed by atoms with van der Waals surface area (Å²) in [7, 11) is 2.21. The third-order valence-corrected chi connectivity index (χ3v) is 7.13. The largest absolute Gasteiger partial charge is 0.487 e. The van der Waals surface area contributed by atoms with Crippen molar-refractivity contribution in [1.29, 1.82) is 0 Å². The van der Waals surface area contributed by atoms with Crippen LogP contribution in [-0.4, -0.2) is 15.7 Å². The van der Waals surface area contributed by atoms with E-state index < -0.39 is 4.92 Å². The third kappa shape index (κ3) is 5.75. The van der Waals surface area contributed by atoms with Crippen LogP contribution in [0.15, 0.2) is 54.6 Å². The molecule has 3 aromatic carbocycles. The maximum atomic E-state index is 13.9. The van der Waals surface area contributed by atoms with Gasteiger partial charge in [0, 0.05) is 66.7 Å². The van der Waals surface area contributed by atoms with Crippen LogP contribution in [0.5, 0.6) is 17.2 Å². The summed E-state index contributed by atoms with van der Waals surface area (Å²) in [6.07, 6.45) is 0. The number of ether oxygens (including phenoxy) is 1. The Kier molecular flexibility index (Phi) is 8.88. The number of halogens is 2. The van der Waals surface area contributed by atoms with Crippen LogP contribution in [0.1, 0.15) is 32.6 Å². The van der Waals surface area contributed by atoms with Crippen LogP contribution >= 0.6 is 60.8 Å². The number of benzene rings is 3. The first-order chi connectivity index (χ1) is 16.9. The second-order valence-corrected chi connectivity index (χ2v) is 10.3. The van der Waals surface area contributed by atoms with E-state index in [0.717, 1.165) is 29.6 Å².